The van der Waals surface area contributed by atoms with E-state index in [4.69, 9.17) is 5.73 Å². The van der Waals surface area contributed by atoms with Crippen LogP contribution in [0.15, 0.2) is 0 Å². The van der Waals surface area contributed by atoms with Crippen molar-refractivity contribution in [3.8, 4) is 0 Å². The Bertz CT molecular complexity index is 310. The molecule has 100 valence electrons. The Kier molecular flexibility index (Phi) is 2.73. The van der Waals surface area contributed by atoms with Crippen LogP contribution in [-0.2, 0) is 0 Å². The summed E-state index contributed by atoms with van der Waals surface area (Å²) in [6, 6.07) is 1.39. The molecule has 2 rings (SSSR count). The molecule has 1 saturated heterocycles. The van der Waals surface area contributed by atoms with Crippen molar-refractivity contribution in [2.24, 2.45) is 22.5 Å². The van der Waals surface area contributed by atoms with Crippen molar-refractivity contribution in [3.63, 3.8) is 0 Å². The summed E-state index contributed by atoms with van der Waals surface area (Å²) in [5, 5.41) is 0. The van der Waals surface area contributed by atoms with E-state index in [1.54, 1.807) is 0 Å². The summed E-state index contributed by atoms with van der Waals surface area (Å²) in [4.78, 5) is 2.77. The third kappa shape index (κ3) is 1.76. The topological polar surface area (TPSA) is 29.3 Å². The first-order valence-corrected chi connectivity index (χ1v) is 7.04. The summed E-state index contributed by atoms with van der Waals surface area (Å²) in [5.74, 6) is 0.783. The molecule has 2 aliphatic rings. The van der Waals surface area contributed by atoms with E-state index in [1.165, 1.54) is 6.42 Å². The molecule has 0 amide bonds. The van der Waals surface area contributed by atoms with Gasteiger partial charge in [-0.25, -0.2) is 0 Å². The maximum atomic E-state index is 6.08. The van der Waals surface area contributed by atoms with E-state index in [2.05, 4.69) is 53.4 Å². The second kappa shape index (κ2) is 3.48. The Morgan fingerprint density at radius 2 is 1.71 bits per heavy atom. The fourth-order valence-corrected chi connectivity index (χ4v) is 4.15. The smallest absolute Gasteiger partial charge is 0.0208 e. The van der Waals surface area contributed by atoms with Crippen molar-refractivity contribution >= 4 is 0 Å². The number of hydrogen-bond acceptors (Lipinski definition) is 2. The number of piperidine rings is 1. The first-order valence-electron chi connectivity index (χ1n) is 7.04. The summed E-state index contributed by atoms with van der Waals surface area (Å²) in [7, 11) is 0. The van der Waals surface area contributed by atoms with Crippen LogP contribution in [0.3, 0.4) is 0 Å². The molecule has 2 heteroatoms. The predicted octanol–water partition coefficient (Wildman–Crippen LogP) is 2.87. The lowest BCUT2D eigenvalue weighted by molar-refractivity contribution is 0.0290. The van der Waals surface area contributed by atoms with Gasteiger partial charge >= 0.3 is 0 Å². The van der Waals surface area contributed by atoms with E-state index in [9.17, 15) is 0 Å². The first kappa shape index (κ1) is 13.4. The largest absolute Gasteiger partial charge is 0.330 e. The Morgan fingerprint density at radius 3 is 2.06 bits per heavy atom. The van der Waals surface area contributed by atoms with E-state index in [-0.39, 0.29) is 5.54 Å². The van der Waals surface area contributed by atoms with Gasteiger partial charge in [0.25, 0.3) is 0 Å². The molecule has 1 aliphatic carbocycles. The number of likely N-dealkylation sites (tertiary alicyclic amines) is 1. The lowest BCUT2D eigenvalue weighted by atomic mass is 9.79. The molecular weight excluding hydrogens is 208 g/mol. The number of rotatable bonds is 1. The van der Waals surface area contributed by atoms with E-state index < -0.39 is 0 Å². The average molecular weight is 238 g/mol. The monoisotopic (exact) mass is 238 g/mol. The lowest BCUT2D eigenvalue weighted by Crippen LogP contribution is -2.52. The van der Waals surface area contributed by atoms with Crippen molar-refractivity contribution in [1.29, 1.82) is 0 Å². The summed E-state index contributed by atoms with van der Waals surface area (Å²) in [6.45, 7) is 17.4. The maximum Gasteiger partial charge on any atom is 0.0208 e. The van der Waals surface area contributed by atoms with E-state index in [0.717, 1.165) is 18.5 Å². The van der Waals surface area contributed by atoms with Gasteiger partial charge in [0.2, 0.25) is 0 Å². The minimum atomic E-state index is 0.254. The van der Waals surface area contributed by atoms with E-state index >= 15 is 0 Å². The van der Waals surface area contributed by atoms with Gasteiger partial charge in [-0.3, -0.25) is 4.90 Å². The van der Waals surface area contributed by atoms with Crippen molar-refractivity contribution in [1.82, 2.24) is 4.90 Å². The van der Waals surface area contributed by atoms with Gasteiger partial charge in [-0.2, -0.15) is 0 Å². The molecule has 0 aromatic rings. The van der Waals surface area contributed by atoms with Gasteiger partial charge in [0.1, 0.15) is 0 Å². The average Bonchev–Trinajstić information content (AvgIpc) is 2.57. The van der Waals surface area contributed by atoms with Crippen molar-refractivity contribution in [2.75, 3.05) is 6.54 Å². The van der Waals surface area contributed by atoms with E-state index in [1.807, 2.05) is 0 Å². The molecular formula is C15H30N2. The number of nitrogens with zero attached hydrogens (tertiary/aromatic N) is 1. The standard InChI is InChI=1S/C15H30N2/c1-10-12-15(10,9-16)8-11(13(2,3)4)17(12)14(5,6)7/h10-12H,8-9,16H2,1-7H3/t10-,11?,12+,15+/m1/s1. The van der Waals surface area contributed by atoms with Crippen LogP contribution in [0.4, 0.5) is 0 Å². The van der Waals surface area contributed by atoms with Crippen molar-refractivity contribution < 1.29 is 0 Å². The zero-order chi connectivity index (χ0) is 13.2. The summed E-state index contributed by atoms with van der Waals surface area (Å²) in [5.41, 5.74) is 7.11. The van der Waals surface area contributed by atoms with Gasteiger partial charge in [-0.05, 0) is 45.1 Å². The molecule has 2 nitrogen and oxygen atoms in total. The minimum absolute atomic E-state index is 0.254. The normalized spacial score (nSPS) is 42.7. The lowest BCUT2D eigenvalue weighted by Gasteiger charge is -2.45. The highest BCUT2D eigenvalue weighted by Gasteiger charge is 2.72. The molecule has 2 N–H and O–H groups in total. The Hall–Kier alpha value is -0.0800. The van der Waals surface area contributed by atoms with Crippen LogP contribution in [-0.4, -0.2) is 29.1 Å². The quantitative estimate of drug-likeness (QED) is 0.761. The fourth-order valence-electron chi connectivity index (χ4n) is 4.15. The molecule has 2 fully saturated rings. The van der Waals surface area contributed by atoms with Crippen molar-refractivity contribution in [2.45, 2.75) is 72.5 Å². The highest BCUT2D eigenvalue weighted by Crippen LogP contribution is 2.66. The number of hydrogen-bond donors (Lipinski definition) is 1. The highest BCUT2D eigenvalue weighted by atomic mass is 15.3. The molecule has 4 atom stereocenters. The third-order valence-electron chi connectivity index (χ3n) is 5.22. The molecule has 0 bridgehead atoms. The second-order valence-electron chi connectivity index (χ2n) is 8.33. The van der Waals surface area contributed by atoms with Crippen LogP contribution >= 0.6 is 0 Å². The van der Waals surface area contributed by atoms with Crippen LogP contribution in [0.2, 0.25) is 0 Å². The maximum absolute atomic E-state index is 6.08. The van der Waals surface area contributed by atoms with Gasteiger partial charge < -0.3 is 5.73 Å². The Balaban J connectivity index is 2.33. The Labute approximate surface area is 107 Å². The van der Waals surface area contributed by atoms with Crippen LogP contribution < -0.4 is 5.73 Å². The molecule has 17 heavy (non-hydrogen) atoms. The second-order valence-corrected chi connectivity index (χ2v) is 8.33. The Morgan fingerprint density at radius 1 is 1.18 bits per heavy atom. The SMILES string of the molecule is C[C@@H]1[C@@H]2N(C(C)(C)C)C(C(C)(C)C)C[C@]12CN. The molecule has 1 heterocycles. The van der Waals surface area contributed by atoms with Gasteiger partial charge in [-0.15, -0.1) is 0 Å². The number of fused-ring (bicyclic) bond motifs is 1. The predicted molar refractivity (Wildman–Crippen MR) is 73.9 cm³/mol. The van der Waals surface area contributed by atoms with E-state index in [0.29, 0.717) is 16.9 Å². The summed E-state index contributed by atoms with van der Waals surface area (Å²) >= 11 is 0. The van der Waals surface area contributed by atoms with Gasteiger partial charge in [0.05, 0.1) is 0 Å². The molecule has 1 unspecified atom stereocenters. The van der Waals surface area contributed by atoms with Gasteiger partial charge in [0.15, 0.2) is 0 Å². The zero-order valence-corrected chi connectivity index (χ0v) is 12.7. The minimum Gasteiger partial charge on any atom is -0.330 e. The first-order chi connectivity index (χ1) is 7.55. The molecule has 1 aliphatic heterocycles. The fraction of sp³-hybridized carbons (Fsp3) is 1.00. The van der Waals surface area contributed by atoms with Crippen LogP contribution in [0.5, 0.6) is 0 Å². The molecule has 0 aromatic carbocycles. The summed E-state index contributed by atoms with van der Waals surface area (Å²) < 4.78 is 0. The molecule has 1 saturated carbocycles. The van der Waals surface area contributed by atoms with Crippen LogP contribution in [0.25, 0.3) is 0 Å². The molecule has 0 aromatic heterocycles. The van der Waals surface area contributed by atoms with Crippen LogP contribution in [0, 0.1) is 16.7 Å². The highest BCUT2D eigenvalue weighted by molar-refractivity contribution is 5.24. The van der Waals surface area contributed by atoms with Gasteiger partial charge in [-0.1, -0.05) is 27.7 Å². The van der Waals surface area contributed by atoms with Gasteiger partial charge in [0, 0.05) is 23.0 Å². The molecule has 0 spiro atoms. The summed E-state index contributed by atoms with van der Waals surface area (Å²) in [6.07, 6.45) is 1.29. The molecule has 0 radical (unpaired) electrons. The van der Waals surface area contributed by atoms with Crippen molar-refractivity contribution in [3.05, 3.63) is 0 Å². The van der Waals surface area contributed by atoms with Crippen LogP contribution in [0.1, 0.15) is 54.9 Å². The zero-order valence-electron chi connectivity index (χ0n) is 12.7. The number of nitrogens with two attached hydrogens (primary N) is 1. The third-order valence-corrected chi connectivity index (χ3v) is 5.22.